The zero-order chi connectivity index (χ0) is 17.5. The Bertz CT molecular complexity index is 716. The Labute approximate surface area is 147 Å². The summed E-state index contributed by atoms with van der Waals surface area (Å²) < 4.78 is 0. The molecule has 0 aliphatic carbocycles. The summed E-state index contributed by atoms with van der Waals surface area (Å²) in [5.74, 6) is -0.459. The van der Waals surface area contributed by atoms with Crippen molar-refractivity contribution < 1.29 is 9.90 Å². The molecule has 2 aromatic carbocycles. The third-order valence-electron chi connectivity index (χ3n) is 4.25. The van der Waals surface area contributed by atoms with E-state index in [1.807, 2.05) is 12.1 Å². The van der Waals surface area contributed by atoms with Crippen molar-refractivity contribution in [2.75, 3.05) is 13.1 Å². The van der Waals surface area contributed by atoms with Gasteiger partial charge in [0.15, 0.2) is 6.10 Å². The molecule has 0 fully saturated rings. The van der Waals surface area contributed by atoms with Crippen LogP contribution >= 0.6 is 0 Å². The van der Waals surface area contributed by atoms with E-state index in [0.717, 1.165) is 31.8 Å². The van der Waals surface area contributed by atoms with Crippen molar-refractivity contribution in [3.63, 3.8) is 0 Å². The number of nitrogens with zero attached hydrogens (tertiary/aromatic N) is 1. The summed E-state index contributed by atoms with van der Waals surface area (Å²) in [5.41, 5.74) is 8.37. The van der Waals surface area contributed by atoms with E-state index < -0.39 is 12.0 Å². The topological polar surface area (TPSA) is 64.6 Å². The first-order chi connectivity index (χ1) is 12.2. The molecule has 3 N–H and O–H groups in total. The zero-order valence-electron chi connectivity index (χ0n) is 14.1. The standard InChI is InChI=1S/C20H23N3O2/c24-19(17-9-5-2-6-10-17)20(25)22-21-18-11-13-23(14-12-18)15-16-7-3-1-4-8-16/h1-11,19,21,24H,12-15H2,(H,22,25). The summed E-state index contributed by atoms with van der Waals surface area (Å²) in [6, 6.07) is 19.3. The van der Waals surface area contributed by atoms with Crippen LogP contribution in [-0.2, 0) is 11.3 Å². The second-order valence-corrected chi connectivity index (χ2v) is 6.13. The number of hydrogen-bond donors (Lipinski definition) is 3. The van der Waals surface area contributed by atoms with Gasteiger partial charge in [0.25, 0.3) is 5.91 Å². The van der Waals surface area contributed by atoms with Gasteiger partial charge in [-0.3, -0.25) is 15.1 Å². The Morgan fingerprint density at radius 1 is 1.08 bits per heavy atom. The second-order valence-electron chi connectivity index (χ2n) is 6.13. The van der Waals surface area contributed by atoms with E-state index in [-0.39, 0.29) is 0 Å². The highest BCUT2D eigenvalue weighted by molar-refractivity contribution is 5.81. The van der Waals surface area contributed by atoms with E-state index >= 15 is 0 Å². The van der Waals surface area contributed by atoms with Gasteiger partial charge in [0.2, 0.25) is 0 Å². The van der Waals surface area contributed by atoms with Crippen LogP contribution < -0.4 is 10.9 Å². The van der Waals surface area contributed by atoms with Crippen LogP contribution in [0.15, 0.2) is 72.4 Å². The van der Waals surface area contributed by atoms with Crippen molar-refractivity contribution >= 4 is 5.91 Å². The summed E-state index contributed by atoms with van der Waals surface area (Å²) >= 11 is 0. The van der Waals surface area contributed by atoms with Crippen LogP contribution in [0.4, 0.5) is 0 Å². The van der Waals surface area contributed by atoms with Crippen LogP contribution in [0, 0.1) is 0 Å². The fourth-order valence-electron chi connectivity index (χ4n) is 2.81. The molecule has 1 atom stereocenters. The summed E-state index contributed by atoms with van der Waals surface area (Å²) in [5, 5.41) is 10.0. The Balaban J connectivity index is 1.46. The Morgan fingerprint density at radius 2 is 1.76 bits per heavy atom. The predicted octanol–water partition coefficient (Wildman–Crippen LogP) is 2.13. The summed E-state index contributed by atoms with van der Waals surface area (Å²) in [6.07, 6.45) is 1.73. The Kier molecular flexibility index (Phi) is 5.82. The summed E-state index contributed by atoms with van der Waals surface area (Å²) in [6.45, 7) is 2.67. The van der Waals surface area contributed by atoms with Gasteiger partial charge in [-0.15, -0.1) is 0 Å². The lowest BCUT2D eigenvalue weighted by Crippen LogP contribution is -2.42. The van der Waals surface area contributed by atoms with Crippen molar-refractivity contribution in [1.29, 1.82) is 0 Å². The number of aliphatic hydroxyl groups is 1. The molecule has 0 aromatic heterocycles. The van der Waals surface area contributed by atoms with Gasteiger partial charge in [-0.1, -0.05) is 60.7 Å². The fourth-order valence-corrected chi connectivity index (χ4v) is 2.81. The average molecular weight is 337 g/mol. The van der Waals surface area contributed by atoms with Crippen LogP contribution in [0.3, 0.4) is 0 Å². The molecular weight excluding hydrogens is 314 g/mol. The van der Waals surface area contributed by atoms with Crippen LogP contribution in [0.5, 0.6) is 0 Å². The van der Waals surface area contributed by atoms with Crippen molar-refractivity contribution in [2.24, 2.45) is 0 Å². The van der Waals surface area contributed by atoms with Gasteiger partial charge < -0.3 is 10.5 Å². The quantitative estimate of drug-likeness (QED) is 0.707. The minimum absolute atomic E-state index is 0.459. The largest absolute Gasteiger partial charge is 0.378 e. The highest BCUT2D eigenvalue weighted by atomic mass is 16.3. The first-order valence-corrected chi connectivity index (χ1v) is 8.46. The smallest absolute Gasteiger partial charge is 0.271 e. The number of nitrogens with one attached hydrogen (secondary N) is 2. The van der Waals surface area contributed by atoms with E-state index in [1.165, 1.54) is 5.56 Å². The van der Waals surface area contributed by atoms with E-state index in [0.29, 0.717) is 5.56 Å². The van der Waals surface area contributed by atoms with Gasteiger partial charge in [-0.2, -0.15) is 0 Å². The molecule has 130 valence electrons. The lowest BCUT2D eigenvalue weighted by atomic mass is 10.1. The molecule has 1 amide bonds. The second kappa shape index (κ2) is 8.46. The van der Waals surface area contributed by atoms with Crippen LogP contribution in [0.1, 0.15) is 23.7 Å². The van der Waals surface area contributed by atoms with Crippen LogP contribution in [0.2, 0.25) is 0 Å². The lowest BCUT2D eigenvalue weighted by Gasteiger charge is -2.27. The highest BCUT2D eigenvalue weighted by Crippen LogP contribution is 2.13. The van der Waals surface area contributed by atoms with Crippen LogP contribution in [-0.4, -0.2) is 29.0 Å². The molecule has 3 rings (SSSR count). The maximum Gasteiger partial charge on any atom is 0.271 e. The molecule has 0 bridgehead atoms. The first kappa shape index (κ1) is 17.2. The van der Waals surface area contributed by atoms with Crippen molar-refractivity contribution in [1.82, 2.24) is 15.8 Å². The molecule has 0 saturated carbocycles. The zero-order valence-corrected chi connectivity index (χ0v) is 14.1. The van der Waals surface area contributed by atoms with Crippen molar-refractivity contribution in [3.8, 4) is 0 Å². The Morgan fingerprint density at radius 3 is 2.40 bits per heavy atom. The maximum atomic E-state index is 12.0. The van der Waals surface area contributed by atoms with Gasteiger partial charge in [0.1, 0.15) is 0 Å². The molecule has 1 heterocycles. The molecule has 0 spiro atoms. The monoisotopic (exact) mass is 337 g/mol. The fraction of sp³-hybridized carbons (Fsp3) is 0.250. The number of carbonyl (C=O) groups excluding carboxylic acids is 1. The first-order valence-electron chi connectivity index (χ1n) is 8.46. The maximum absolute atomic E-state index is 12.0. The van der Waals surface area contributed by atoms with Gasteiger partial charge in [0.05, 0.1) is 0 Å². The molecule has 1 aliphatic rings. The van der Waals surface area contributed by atoms with Gasteiger partial charge in [-0.05, 0) is 17.2 Å². The third kappa shape index (κ3) is 4.92. The van der Waals surface area contributed by atoms with Gasteiger partial charge in [0, 0.05) is 31.8 Å². The molecule has 0 saturated heterocycles. The SMILES string of the molecule is O=C(NNC1=CCN(Cc2ccccc2)CC1)C(O)c1ccccc1. The number of aliphatic hydroxyl groups excluding tert-OH is 1. The number of rotatable bonds is 6. The minimum atomic E-state index is -1.17. The van der Waals surface area contributed by atoms with Gasteiger partial charge >= 0.3 is 0 Å². The summed E-state index contributed by atoms with van der Waals surface area (Å²) in [4.78, 5) is 14.4. The molecule has 1 aliphatic heterocycles. The molecule has 2 aromatic rings. The molecule has 0 radical (unpaired) electrons. The van der Waals surface area contributed by atoms with E-state index in [2.05, 4.69) is 46.1 Å². The van der Waals surface area contributed by atoms with E-state index in [1.54, 1.807) is 24.3 Å². The third-order valence-corrected chi connectivity index (χ3v) is 4.25. The molecular formula is C20H23N3O2. The van der Waals surface area contributed by atoms with Crippen molar-refractivity contribution in [2.45, 2.75) is 19.1 Å². The van der Waals surface area contributed by atoms with Crippen LogP contribution in [0.25, 0.3) is 0 Å². The number of benzene rings is 2. The Hall–Kier alpha value is -2.63. The van der Waals surface area contributed by atoms with E-state index in [9.17, 15) is 9.90 Å². The minimum Gasteiger partial charge on any atom is -0.378 e. The average Bonchev–Trinajstić information content (AvgIpc) is 2.68. The molecule has 5 nitrogen and oxygen atoms in total. The number of hydrazine groups is 1. The molecule has 1 unspecified atom stereocenters. The summed E-state index contributed by atoms with van der Waals surface area (Å²) in [7, 11) is 0. The van der Waals surface area contributed by atoms with Crippen molar-refractivity contribution in [3.05, 3.63) is 83.6 Å². The van der Waals surface area contributed by atoms with E-state index in [4.69, 9.17) is 0 Å². The normalized spacial score (nSPS) is 16.0. The number of hydrogen-bond acceptors (Lipinski definition) is 4. The predicted molar refractivity (Wildman–Crippen MR) is 97.1 cm³/mol. The highest BCUT2D eigenvalue weighted by Gasteiger charge is 2.18. The lowest BCUT2D eigenvalue weighted by molar-refractivity contribution is -0.130. The molecule has 25 heavy (non-hydrogen) atoms. The molecule has 5 heteroatoms. The van der Waals surface area contributed by atoms with Gasteiger partial charge in [-0.25, -0.2) is 0 Å². The number of amides is 1. The number of carbonyl (C=O) groups is 1.